The molecule has 0 saturated carbocycles. The number of hydrogen-bond acceptors (Lipinski definition) is 5. The lowest BCUT2D eigenvalue weighted by Gasteiger charge is -2.20. The van der Waals surface area contributed by atoms with Gasteiger partial charge in [0.05, 0.1) is 12.6 Å². The lowest BCUT2D eigenvalue weighted by atomic mass is 9.91. The van der Waals surface area contributed by atoms with Crippen molar-refractivity contribution in [1.82, 2.24) is 5.32 Å². The van der Waals surface area contributed by atoms with Gasteiger partial charge in [-0.05, 0) is 63.4 Å². The number of nitrogens with one attached hydrogen (secondary N) is 1. The smallest absolute Gasteiger partial charge is 0.258 e. The van der Waals surface area contributed by atoms with E-state index in [9.17, 15) is 15.0 Å². The summed E-state index contributed by atoms with van der Waals surface area (Å²) in [6.45, 7) is 4.43. The third kappa shape index (κ3) is 7.28. The molecule has 0 heterocycles. The molecule has 0 radical (unpaired) electrons. The van der Waals surface area contributed by atoms with Crippen LogP contribution in [0.5, 0.6) is 23.0 Å². The van der Waals surface area contributed by atoms with E-state index >= 15 is 0 Å². The molecule has 1 amide bonds. The molecule has 0 unspecified atom stereocenters. The quantitative estimate of drug-likeness (QED) is 0.160. The maximum absolute atomic E-state index is 13.1. The summed E-state index contributed by atoms with van der Waals surface area (Å²) in [7, 11) is 0. The molecule has 5 aromatic rings. The zero-order valence-corrected chi connectivity index (χ0v) is 27.0. The number of hydrogen-bond donors (Lipinski definition) is 3. The normalized spacial score (nSPS) is 13.0. The highest BCUT2D eigenvalue weighted by Gasteiger charge is 2.21. The molecule has 240 valence electrons. The summed E-state index contributed by atoms with van der Waals surface area (Å²) < 4.78 is 12.7. The average molecular weight is 628 g/mol. The number of para-hydroxylation sites is 4. The van der Waals surface area contributed by atoms with E-state index in [1.54, 1.807) is 0 Å². The molecule has 6 nitrogen and oxygen atoms in total. The van der Waals surface area contributed by atoms with E-state index in [1.807, 2.05) is 110 Å². The summed E-state index contributed by atoms with van der Waals surface area (Å²) in [4.78, 5) is 13.1. The molecule has 1 aliphatic carbocycles. The van der Waals surface area contributed by atoms with Gasteiger partial charge in [0.25, 0.3) is 5.91 Å². The van der Waals surface area contributed by atoms with Crippen LogP contribution in [-0.2, 0) is 30.5 Å². The zero-order valence-electron chi connectivity index (χ0n) is 27.0. The van der Waals surface area contributed by atoms with Crippen LogP contribution in [0.15, 0.2) is 103 Å². The molecule has 0 spiro atoms. The van der Waals surface area contributed by atoms with Gasteiger partial charge >= 0.3 is 0 Å². The molecule has 0 fully saturated rings. The first-order chi connectivity index (χ1) is 22.9. The van der Waals surface area contributed by atoms with E-state index in [4.69, 9.17) is 9.47 Å². The second-order valence-electron chi connectivity index (χ2n) is 12.2. The summed E-state index contributed by atoms with van der Waals surface area (Å²) >= 11 is 0. The Morgan fingerprint density at radius 1 is 0.617 bits per heavy atom. The Morgan fingerprint density at radius 3 is 1.45 bits per heavy atom. The van der Waals surface area contributed by atoms with Crippen LogP contribution in [0.25, 0.3) is 0 Å². The molecule has 5 aromatic carbocycles. The largest absolute Gasteiger partial charge is 0.507 e. The van der Waals surface area contributed by atoms with E-state index in [2.05, 4.69) is 12.2 Å². The minimum Gasteiger partial charge on any atom is -0.507 e. The minimum atomic E-state index is -0.235. The third-order valence-corrected chi connectivity index (χ3v) is 8.76. The number of ether oxygens (including phenoxy) is 2. The molecule has 47 heavy (non-hydrogen) atoms. The van der Waals surface area contributed by atoms with Crippen molar-refractivity contribution in [1.29, 1.82) is 0 Å². The van der Waals surface area contributed by atoms with Crippen molar-refractivity contribution in [3.63, 3.8) is 0 Å². The Balaban J connectivity index is 1.39. The van der Waals surface area contributed by atoms with E-state index in [0.717, 1.165) is 62.2 Å². The number of amides is 1. The van der Waals surface area contributed by atoms with Crippen LogP contribution in [0.3, 0.4) is 0 Å². The molecule has 1 aliphatic rings. The van der Waals surface area contributed by atoms with Gasteiger partial charge in [0, 0.05) is 25.7 Å². The molecule has 0 aromatic heterocycles. The summed E-state index contributed by atoms with van der Waals surface area (Å²) in [6, 6.07) is 33.3. The Kier molecular flexibility index (Phi) is 9.77. The highest BCUT2D eigenvalue weighted by Crippen LogP contribution is 2.38. The number of carbonyl (C=O) groups is 1. The van der Waals surface area contributed by atoms with Crippen molar-refractivity contribution in [3.05, 3.63) is 153 Å². The predicted octanol–water partition coefficient (Wildman–Crippen LogP) is 7.82. The van der Waals surface area contributed by atoms with E-state index in [-0.39, 0.29) is 30.1 Å². The molecule has 6 heteroatoms. The van der Waals surface area contributed by atoms with Crippen molar-refractivity contribution < 1.29 is 24.5 Å². The highest BCUT2D eigenvalue weighted by molar-refractivity contribution is 5.78. The number of benzene rings is 5. The Labute approximate surface area is 276 Å². The van der Waals surface area contributed by atoms with Crippen molar-refractivity contribution in [2.45, 2.75) is 52.0 Å². The van der Waals surface area contributed by atoms with Crippen molar-refractivity contribution >= 4 is 5.91 Å². The number of phenols is 2. The molecule has 0 saturated heterocycles. The maximum Gasteiger partial charge on any atom is 0.258 e. The number of carbonyl (C=O) groups excluding carboxylic acids is 1. The highest BCUT2D eigenvalue weighted by atomic mass is 16.5. The fraction of sp³-hybridized carbons (Fsp3) is 0.244. The molecular formula is C41H41NO5. The topological polar surface area (TPSA) is 88.0 Å². The van der Waals surface area contributed by atoms with E-state index in [1.165, 1.54) is 0 Å². The third-order valence-electron chi connectivity index (χ3n) is 8.76. The molecule has 1 atom stereocenters. The number of fused-ring (bicyclic) bond motifs is 8. The van der Waals surface area contributed by atoms with Gasteiger partial charge in [-0.2, -0.15) is 0 Å². The summed E-state index contributed by atoms with van der Waals surface area (Å²) in [5.41, 5.74) is 7.77. The monoisotopic (exact) mass is 627 g/mol. The average Bonchev–Trinajstić information content (AvgIpc) is 3.07. The van der Waals surface area contributed by atoms with E-state index in [0.29, 0.717) is 38.0 Å². The van der Waals surface area contributed by atoms with Gasteiger partial charge in [-0.1, -0.05) is 110 Å². The van der Waals surface area contributed by atoms with Gasteiger partial charge in [0.2, 0.25) is 0 Å². The SMILES string of the molecule is CCCOc1c2cccc1Cc1cccc(c1O)Cc1cccc(c1OCC(=O)N[C@H](C)c1ccccc1)Cc1cccc(c1O)C2. The van der Waals surface area contributed by atoms with Crippen LogP contribution in [0.2, 0.25) is 0 Å². The van der Waals surface area contributed by atoms with Crippen LogP contribution in [0, 0.1) is 0 Å². The van der Waals surface area contributed by atoms with Gasteiger partial charge in [0.1, 0.15) is 23.0 Å². The van der Waals surface area contributed by atoms with Gasteiger partial charge in [-0.15, -0.1) is 0 Å². The molecular weight excluding hydrogens is 586 g/mol. The Morgan fingerprint density at radius 2 is 1.02 bits per heavy atom. The summed E-state index contributed by atoms with van der Waals surface area (Å²) in [6.07, 6.45) is 2.64. The Bertz CT molecular complexity index is 1770. The first-order valence-corrected chi connectivity index (χ1v) is 16.3. The van der Waals surface area contributed by atoms with Gasteiger partial charge in [-0.25, -0.2) is 0 Å². The lowest BCUT2D eigenvalue weighted by Crippen LogP contribution is -2.31. The number of phenolic OH excluding ortho intramolecular Hbond substituents is 2. The second-order valence-corrected chi connectivity index (χ2v) is 12.2. The second kappa shape index (κ2) is 14.5. The lowest BCUT2D eigenvalue weighted by molar-refractivity contribution is -0.123. The maximum atomic E-state index is 13.1. The van der Waals surface area contributed by atoms with Gasteiger partial charge in [-0.3, -0.25) is 4.79 Å². The zero-order chi connectivity index (χ0) is 32.8. The van der Waals surface area contributed by atoms with E-state index < -0.39 is 0 Å². The van der Waals surface area contributed by atoms with Crippen LogP contribution < -0.4 is 14.8 Å². The predicted molar refractivity (Wildman–Crippen MR) is 185 cm³/mol. The fourth-order valence-electron chi connectivity index (χ4n) is 6.33. The van der Waals surface area contributed by atoms with Crippen LogP contribution >= 0.6 is 0 Å². The molecule has 6 rings (SSSR count). The molecule has 8 bridgehead atoms. The number of rotatable bonds is 8. The van der Waals surface area contributed by atoms with Crippen molar-refractivity contribution in [3.8, 4) is 23.0 Å². The minimum absolute atomic E-state index is 0.172. The number of aromatic hydroxyl groups is 2. The summed E-state index contributed by atoms with van der Waals surface area (Å²) in [5, 5.41) is 26.2. The fourth-order valence-corrected chi connectivity index (χ4v) is 6.33. The summed E-state index contributed by atoms with van der Waals surface area (Å²) in [5.74, 6) is 1.62. The molecule has 3 N–H and O–H groups in total. The van der Waals surface area contributed by atoms with Crippen molar-refractivity contribution in [2.24, 2.45) is 0 Å². The van der Waals surface area contributed by atoms with Crippen LogP contribution in [0.1, 0.15) is 76.4 Å². The van der Waals surface area contributed by atoms with Crippen LogP contribution in [-0.4, -0.2) is 29.3 Å². The first-order valence-electron chi connectivity index (χ1n) is 16.3. The van der Waals surface area contributed by atoms with Crippen molar-refractivity contribution in [2.75, 3.05) is 13.2 Å². The van der Waals surface area contributed by atoms with Crippen LogP contribution in [0.4, 0.5) is 0 Å². The van der Waals surface area contributed by atoms with Gasteiger partial charge in [0.15, 0.2) is 6.61 Å². The molecule has 0 aliphatic heterocycles. The van der Waals surface area contributed by atoms with Gasteiger partial charge < -0.3 is 25.0 Å². The first kappa shape index (κ1) is 31.7. The standard InChI is InChI=1S/C41H41NO5/c1-3-21-46-40-33-17-9-18-34(40)23-30-14-8-16-32(39(30)45)25-36-20-10-19-35(24-31-15-7-13-29(22-33)38(31)44)41(36)47-26-37(43)42-27(2)28-11-5-4-6-12-28/h4-20,27,44-45H,3,21-26H2,1-2H3,(H,42,43)/t27-/m1/s1. The Hall–Kier alpha value is -5.23.